The SMILES string of the molecule is CN1CC(c2ccnc(Nc3ccc(C(=O)N4CCCC4)cc3)n2)=CN1C(CC#N)C1CCCC1. The molecule has 0 spiro atoms. The van der Waals surface area contributed by atoms with Crippen LogP contribution >= 0.6 is 0 Å². The Kier molecular flexibility index (Phi) is 6.96. The van der Waals surface area contributed by atoms with Crippen molar-refractivity contribution in [1.82, 2.24) is 24.9 Å². The van der Waals surface area contributed by atoms with Crippen molar-refractivity contribution in [2.75, 3.05) is 32.0 Å². The number of carbonyl (C=O) groups is 1. The lowest BCUT2D eigenvalue weighted by atomic mass is 9.95. The van der Waals surface area contributed by atoms with Crippen LogP contribution in [0.15, 0.2) is 42.7 Å². The van der Waals surface area contributed by atoms with Gasteiger partial charge >= 0.3 is 0 Å². The topological polar surface area (TPSA) is 88.4 Å². The van der Waals surface area contributed by atoms with E-state index in [1.165, 1.54) is 25.7 Å². The Labute approximate surface area is 207 Å². The van der Waals surface area contributed by atoms with Crippen molar-refractivity contribution in [2.24, 2.45) is 5.92 Å². The number of likely N-dealkylation sites (tertiary alicyclic amines) is 1. The first-order chi connectivity index (χ1) is 17.1. The number of hydrogen-bond donors (Lipinski definition) is 1. The second kappa shape index (κ2) is 10.4. The number of amides is 1. The first-order valence-electron chi connectivity index (χ1n) is 12.7. The molecule has 2 aromatic rings. The molecule has 2 fully saturated rings. The van der Waals surface area contributed by atoms with Crippen molar-refractivity contribution in [3.05, 3.63) is 54.0 Å². The molecule has 1 saturated heterocycles. The van der Waals surface area contributed by atoms with E-state index in [2.05, 4.69) is 39.6 Å². The van der Waals surface area contributed by atoms with Gasteiger partial charge in [-0.2, -0.15) is 5.26 Å². The normalized spacial score (nSPS) is 19.6. The predicted molar refractivity (Wildman–Crippen MR) is 135 cm³/mol. The second-order valence-corrected chi connectivity index (χ2v) is 9.79. The van der Waals surface area contributed by atoms with Crippen LogP contribution < -0.4 is 5.32 Å². The number of nitrogens with zero attached hydrogens (tertiary/aromatic N) is 6. The van der Waals surface area contributed by atoms with Gasteiger partial charge in [-0.3, -0.25) is 4.79 Å². The number of benzene rings is 1. The van der Waals surface area contributed by atoms with Crippen LogP contribution in [0.2, 0.25) is 0 Å². The lowest BCUT2D eigenvalue weighted by molar-refractivity contribution is 0.0142. The van der Waals surface area contributed by atoms with Gasteiger partial charge in [0.05, 0.1) is 24.2 Å². The molecule has 1 aromatic heterocycles. The molecule has 2 aliphatic heterocycles. The summed E-state index contributed by atoms with van der Waals surface area (Å²) in [6.45, 7) is 2.44. The van der Waals surface area contributed by atoms with Crippen molar-refractivity contribution in [1.29, 1.82) is 5.26 Å². The van der Waals surface area contributed by atoms with Crippen molar-refractivity contribution in [3.63, 3.8) is 0 Å². The molecule has 0 radical (unpaired) electrons. The van der Waals surface area contributed by atoms with Crippen LogP contribution in [-0.2, 0) is 0 Å². The Hall–Kier alpha value is -3.44. The first-order valence-corrected chi connectivity index (χ1v) is 12.7. The summed E-state index contributed by atoms with van der Waals surface area (Å²) in [6, 6.07) is 12.1. The number of nitrogens with one attached hydrogen (secondary N) is 1. The predicted octanol–water partition coefficient (Wildman–Crippen LogP) is 4.43. The molecule has 1 saturated carbocycles. The second-order valence-electron chi connectivity index (χ2n) is 9.79. The molecule has 1 aromatic carbocycles. The average molecular weight is 472 g/mol. The molecule has 8 heteroatoms. The molecule has 3 aliphatic rings. The van der Waals surface area contributed by atoms with Crippen LogP contribution in [0.3, 0.4) is 0 Å². The monoisotopic (exact) mass is 471 g/mol. The van der Waals surface area contributed by atoms with E-state index in [4.69, 9.17) is 4.98 Å². The van der Waals surface area contributed by atoms with Crippen molar-refractivity contribution < 1.29 is 4.79 Å². The summed E-state index contributed by atoms with van der Waals surface area (Å²) >= 11 is 0. The molecule has 1 atom stereocenters. The zero-order valence-corrected chi connectivity index (χ0v) is 20.4. The number of carbonyl (C=O) groups excluding carboxylic acids is 1. The quantitative estimate of drug-likeness (QED) is 0.639. The van der Waals surface area contributed by atoms with Gasteiger partial charge in [-0.05, 0) is 61.9 Å². The van der Waals surface area contributed by atoms with E-state index in [0.29, 0.717) is 23.9 Å². The Morgan fingerprint density at radius 3 is 2.60 bits per heavy atom. The van der Waals surface area contributed by atoms with Crippen LogP contribution in [0.5, 0.6) is 0 Å². The molecule has 3 heterocycles. The van der Waals surface area contributed by atoms with Crippen LogP contribution in [0, 0.1) is 17.2 Å². The molecule has 5 rings (SSSR count). The summed E-state index contributed by atoms with van der Waals surface area (Å²) in [4.78, 5) is 23.7. The summed E-state index contributed by atoms with van der Waals surface area (Å²) < 4.78 is 0. The standard InChI is InChI=1S/C27H33N7O/c1-32-18-22(19-34(32)25(12-14-28)20-6-2-3-7-20)24-13-15-29-27(31-24)30-23-10-8-21(9-11-23)26(35)33-16-4-5-17-33/h8-11,13,15,19-20,25H,2-7,12,16-18H2,1H3,(H,29,30,31). The summed E-state index contributed by atoms with van der Waals surface area (Å²) in [5.74, 6) is 1.18. The Balaban J connectivity index is 1.28. The van der Waals surface area contributed by atoms with Crippen LogP contribution in [0.1, 0.15) is 61.0 Å². The smallest absolute Gasteiger partial charge is 0.253 e. The number of hydrogen-bond acceptors (Lipinski definition) is 7. The number of aromatic nitrogens is 2. The Bertz CT molecular complexity index is 1110. The Morgan fingerprint density at radius 1 is 1.14 bits per heavy atom. The molecular formula is C27H33N7O. The minimum Gasteiger partial charge on any atom is -0.339 e. The van der Waals surface area contributed by atoms with Gasteiger partial charge in [0.25, 0.3) is 5.91 Å². The summed E-state index contributed by atoms with van der Waals surface area (Å²) in [5.41, 5.74) is 3.54. The van der Waals surface area contributed by atoms with Gasteiger partial charge in [-0.25, -0.2) is 15.0 Å². The van der Waals surface area contributed by atoms with Crippen molar-refractivity contribution >= 4 is 23.1 Å². The lowest BCUT2D eigenvalue weighted by Gasteiger charge is -2.36. The molecule has 1 amide bonds. The van der Waals surface area contributed by atoms with Gasteiger partial charge in [0.2, 0.25) is 5.95 Å². The van der Waals surface area contributed by atoms with Gasteiger partial charge in [0.1, 0.15) is 0 Å². The highest BCUT2D eigenvalue weighted by Gasteiger charge is 2.33. The van der Waals surface area contributed by atoms with E-state index in [1.54, 1.807) is 6.20 Å². The number of hydrazine groups is 1. The van der Waals surface area contributed by atoms with Gasteiger partial charge in [0, 0.05) is 55.9 Å². The van der Waals surface area contributed by atoms with E-state index in [1.807, 2.05) is 35.2 Å². The van der Waals surface area contributed by atoms with E-state index in [-0.39, 0.29) is 11.9 Å². The summed E-state index contributed by atoms with van der Waals surface area (Å²) in [5, 5.41) is 17.2. The maximum Gasteiger partial charge on any atom is 0.253 e. The van der Waals surface area contributed by atoms with Crippen LogP contribution in [0.4, 0.5) is 11.6 Å². The average Bonchev–Trinajstić information content (AvgIpc) is 3.66. The van der Waals surface area contributed by atoms with E-state index in [0.717, 1.165) is 49.4 Å². The van der Waals surface area contributed by atoms with Gasteiger partial charge in [0.15, 0.2) is 0 Å². The lowest BCUT2D eigenvalue weighted by Crippen LogP contribution is -2.43. The van der Waals surface area contributed by atoms with E-state index < -0.39 is 0 Å². The number of likely N-dealkylation sites (N-methyl/N-ethyl adjacent to an activating group) is 1. The minimum atomic E-state index is 0.0986. The number of rotatable bonds is 7. The Morgan fingerprint density at radius 2 is 1.89 bits per heavy atom. The fraction of sp³-hybridized carbons (Fsp3) is 0.481. The van der Waals surface area contributed by atoms with E-state index >= 15 is 0 Å². The molecular weight excluding hydrogens is 438 g/mol. The van der Waals surface area contributed by atoms with Crippen LogP contribution in [-0.4, -0.2) is 63.5 Å². The molecule has 182 valence electrons. The zero-order chi connectivity index (χ0) is 24.2. The number of nitriles is 1. The maximum absolute atomic E-state index is 12.6. The summed E-state index contributed by atoms with van der Waals surface area (Å²) in [7, 11) is 2.08. The number of anilines is 2. The highest BCUT2D eigenvalue weighted by atomic mass is 16.2. The molecule has 1 aliphatic carbocycles. The van der Waals surface area contributed by atoms with Gasteiger partial charge in [-0.15, -0.1) is 0 Å². The third-order valence-corrected chi connectivity index (χ3v) is 7.43. The fourth-order valence-electron chi connectivity index (χ4n) is 5.56. The molecule has 0 bridgehead atoms. The summed E-state index contributed by atoms with van der Waals surface area (Å²) in [6.07, 6.45) is 11.5. The first kappa shape index (κ1) is 23.3. The highest BCUT2D eigenvalue weighted by molar-refractivity contribution is 5.94. The molecule has 1 unspecified atom stereocenters. The third-order valence-electron chi connectivity index (χ3n) is 7.43. The van der Waals surface area contributed by atoms with E-state index in [9.17, 15) is 10.1 Å². The van der Waals surface area contributed by atoms with Gasteiger partial charge in [-0.1, -0.05) is 12.8 Å². The molecule has 8 nitrogen and oxygen atoms in total. The molecule has 35 heavy (non-hydrogen) atoms. The van der Waals surface area contributed by atoms with Gasteiger partial charge < -0.3 is 15.2 Å². The minimum absolute atomic E-state index is 0.0986. The third kappa shape index (κ3) is 5.15. The zero-order valence-electron chi connectivity index (χ0n) is 20.4. The molecule has 1 N–H and O–H groups in total. The van der Waals surface area contributed by atoms with Crippen molar-refractivity contribution in [2.45, 2.75) is 51.0 Å². The largest absolute Gasteiger partial charge is 0.339 e. The van der Waals surface area contributed by atoms with Crippen LogP contribution in [0.25, 0.3) is 5.57 Å². The van der Waals surface area contributed by atoms with Crippen molar-refractivity contribution in [3.8, 4) is 6.07 Å². The highest BCUT2D eigenvalue weighted by Crippen LogP contribution is 2.35. The maximum atomic E-state index is 12.6. The fourth-order valence-corrected chi connectivity index (χ4v) is 5.56.